The molecular formula is C18H29N5O4. The number of nitrogens with zero attached hydrogens (tertiary/aromatic N) is 4. The van der Waals surface area contributed by atoms with Gasteiger partial charge in [-0.1, -0.05) is 33.1 Å². The number of aliphatic hydroxyl groups is 2. The molecule has 3 heterocycles. The minimum absolute atomic E-state index is 0.257. The van der Waals surface area contributed by atoms with Gasteiger partial charge in [0.25, 0.3) is 0 Å². The van der Waals surface area contributed by atoms with E-state index in [9.17, 15) is 10.2 Å². The van der Waals surface area contributed by atoms with Gasteiger partial charge in [-0.25, -0.2) is 15.0 Å². The standard InChI is InChI=1S/C18H29N5O4/c1-3-5-7-11(26-8-6-4-2)15-13(24)14(25)18(27-15)23-10-22-12-16(19)20-9-21-17(12)23/h9-11,13-15,18,24-25H,3-8H2,1-2H3,(H2,19,20,21)/t11?,13-,14+,15+,18+/m0/s1. The predicted octanol–water partition coefficient (Wildman–Crippen LogP) is 1.40. The van der Waals surface area contributed by atoms with E-state index >= 15 is 0 Å². The first-order valence-electron chi connectivity index (χ1n) is 9.64. The summed E-state index contributed by atoms with van der Waals surface area (Å²) in [5.41, 5.74) is 6.72. The number of rotatable bonds is 9. The molecule has 27 heavy (non-hydrogen) atoms. The van der Waals surface area contributed by atoms with Crippen LogP contribution in [0.4, 0.5) is 5.82 Å². The number of nitrogen functional groups attached to an aromatic ring is 1. The number of hydrogen-bond donors (Lipinski definition) is 3. The Bertz CT molecular complexity index is 740. The van der Waals surface area contributed by atoms with Gasteiger partial charge in [-0.05, 0) is 12.8 Å². The van der Waals surface area contributed by atoms with Crippen molar-refractivity contribution in [3.63, 3.8) is 0 Å². The van der Waals surface area contributed by atoms with Crippen molar-refractivity contribution in [3.8, 4) is 0 Å². The number of hydrogen-bond acceptors (Lipinski definition) is 8. The Morgan fingerprint density at radius 1 is 1.19 bits per heavy atom. The van der Waals surface area contributed by atoms with Crippen LogP contribution < -0.4 is 5.73 Å². The molecule has 0 radical (unpaired) electrons. The quantitative estimate of drug-likeness (QED) is 0.558. The van der Waals surface area contributed by atoms with Crippen molar-refractivity contribution in [1.29, 1.82) is 0 Å². The third kappa shape index (κ3) is 4.06. The maximum atomic E-state index is 10.6. The van der Waals surface area contributed by atoms with Gasteiger partial charge in [-0.2, -0.15) is 0 Å². The molecule has 1 aliphatic rings. The number of aromatic nitrogens is 4. The van der Waals surface area contributed by atoms with Crippen LogP contribution in [0.3, 0.4) is 0 Å². The average molecular weight is 379 g/mol. The highest BCUT2D eigenvalue weighted by molar-refractivity contribution is 5.81. The molecule has 0 spiro atoms. The van der Waals surface area contributed by atoms with E-state index in [1.807, 2.05) is 0 Å². The zero-order chi connectivity index (χ0) is 19.4. The first-order valence-corrected chi connectivity index (χ1v) is 9.64. The van der Waals surface area contributed by atoms with Crippen molar-refractivity contribution >= 4 is 17.0 Å². The van der Waals surface area contributed by atoms with Gasteiger partial charge in [0.15, 0.2) is 17.7 Å². The van der Waals surface area contributed by atoms with Crippen molar-refractivity contribution in [3.05, 3.63) is 12.7 Å². The van der Waals surface area contributed by atoms with E-state index in [-0.39, 0.29) is 11.9 Å². The van der Waals surface area contributed by atoms with E-state index in [2.05, 4.69) is 28.8 Å². The first kappa shape index (κ1) is 19.9. The fourth-order valence-corrected chi connectivity index (χ4v) is 3.41. The molecule has 0 aromatic carbocycles. The highest BCUT2D eigenvalue weighted by Gasteiger charge is 2.47. The molecule has 0 saturated carbocycles. The molecule has 1 unspecified atom stereocenters. The zero-order valence-electron chi connectivity index (χ0n) is 15.9. The number of anilines is 1. The van der Waals surface area contributed by atoms with Crippen molar-refractivity contribution in [2.24, 2.45) is 0 Å². The van der Waals surface area contributed by atoms with Gasteiger partial charge in [0.2, 0.25) is 0 Å². The van der Waals surface area contributed by atoms with Gasteiger partial charge in [-0.3, -0.25) is 4.57 Å². The number of unbranched alkanes of at least 4 members (excludes halogenated alkanes) is 2. The molecule has 4 N–H and O–H groups in total. The fourth-order valence-electron chi connectivity index (χ4n) is 3.41. The average Bonchev–Trinajstić information content (AvgIpc) is 3.21. The van der Waals surface area contributed by atoms with E-state index in [0.717, 1.165) is 32.1 Å². The van der Waals surface area contributed by atoms with Crippen molar-refractivity contribution < 1.29 is 19.7 Å². The molecule has 3 rings (SSSR count). The topological polar surface area (TPSA) is 129 Å². The minimum atomic E-state index is -1.12. The summed E-state index contributed by atoms with van der Waals surface area (Å²) < 4.78 is 13.6. The highest BCUT2D eigenvalue weighted by atomic mass is 16.6. The van der Waals surface area contributed by atoms with Gasteiger partial charge in [0.05, 0.1) is 12.4 Å². The summed E-state index contributed by atoms with van der Waals surface area (Å²) in [6.45, 7) is 4.81. The number of ether oxygens (including phenoxy) is 2. The molecule has 9 nitrogen and oxygen atoms in total. The fraction of sp³-hybridized carbons (Fsp3) is 0.722. The van der Waals surface area contributed by atoms with E-state index in [0.29, 0.717) is 17.8 Å². The second kappa shape index (κ2) is 8.92. The van der Waals surface area contributed by atoms with Crippen molar-refractivity contribution in [1.82, 2.24) is 19.5 Å². The molecule has 0 amide bonds. The second-order valence-electron chi connectivity index (χ2n) is 6.96. The van der Waals surface area contributed by atoms with Crippen LogP contribution in [-0.4, -0.2) is 60.8 Å². The molecule has 0 aliphatic carbocycles. The van der Waals surface area contributed by atoms with Crippen molar-refractivity contribution in [2.75, 3.05) is 12.3 Å². The number of aliphatic hydroxyl groups excluding tert-OH is 2. The first-order chi connectivity index (χ1) is 13.1. The molecular weight excluding hydrogens is 350 g/mol. The van der Waals surface area contributed by atoms with Crippen LogP contribution in [-0.2, 0) is 9.47 Å². The molecule has 1 aliphatic heterocycles. The zero-order valence-corrected chi connectivity index (χ0v) is 15.9. The molecule has 0 bridgehead atoms. The summed E-state index contributed by atoms with van der Waals surface area (Å²) in [6, 6.07) is 0. The van der Waals surface area contributed by atoms with Crippen molar-refractivity contribution in [2.45, 2.75) is 76.6 Å². The van der Waals surface area contributed by atoms with Crippen LogP contribution in [0, 0.1) is 0 Å². The van der Waals surface area contributed by atoms with Gasteiger partial charge in [0.1, 0.15) is 30.2 Å². The van der Waals surface area contributed by atoms with Crippen LogP contribution in [0.1, 0.15) is 52.2 Å². The van der Waals surface area contributed by atoms with Crippen LogP contribution >= 0.6 is 0 Å². The number of imidazole rings is 1. The van der Waals surface area contributed by atoms with E-state index < -0.39 is 24.5 Å². The van der Waals surface area contributed by atoms with Crippen LogP contribution in [0.25, 0.3) is 11.2 Å². The third-order valence-corrected chi connectivity index (χ3v) is 4.97. The van der Waals surface area contributed by atoms with E-state index in [1.165, 1.54) is 12.7 Å². The lowest BCUT2D eigenvalue weighted by molar-refractivity contribution is -0.110. The largest absolute Gasteiger partial charge is 0.387 e. The molecule has 9 heteroatoms. The number of nitrogens with two attached hydrogens (primary N) is 1. The van der Waals surface area contributed by atoms with Crippen LogP contribution in [0.5, 0.6) is 0 Å². The highest BCUT2D eigenvalue weighted by Crippen LogP contribution is 2.35. The Morgan fingerprint density at radius 2 is 1.96 bits per heavy atom. The third-order valence-electron chi connectivity index (χ3n) is 4.97. The summed E-state index contributed by atoms with van der Waals surface area (Å²) >= 11 is 0. The Labute approximate surface area is 158 Å². The minimum Gasteiger partial charge on any atom is -0.387 e. The molecule has 1 saturated heterocycles. The smallest absolute Gasteiger partial charge is 0.167 e. The van der Waals surface area contributed by atoms with Gasteiger partial charge in [0, 0.05) is 6.61 Å². The molecule has 2 aromatic heterocycles. The predicted molar refractivity (Wildman–Crippen MR) is 99.8 cm³/mol. The maximum Gasteiger partial charge on any atom is 0.167 e. The van der Waals surface area contributed by atoms with Gasteiger partial charge < -0.3 is 25.4 Å². The Kier molecular flexibility index (Phi) is 6.59. The van der Waals surface area contributed by atoms with Crippen LogP contribution in [0.15, 0.2) is 12.7 Å². The maximum absolute atomic E-state index is 10.6. The lowest BCUT2D eigenvalue weighted by atomic mass is 10.0. The lowest BCUT2D eigenvalue weighted by Crippen LogP contribution is -2.40. The SMILES string of the molecule is CCCCOC(CCCC)[C@H]1O[C@@H](n2cnc3c(N)ncnc32)[C@H](O)[C@@H]1O. The van der Waals surface area contributed by atoms with Crippen LogP contribution in [0.2, 0.25) is 0 Å². The Morgan fingerprint density at radius 3 is 2.70 bits per heavy atom. The monoisotopic (exact) mass is 379 g/mol. The summed E-state index contributed by atoms with van der Waals surface area (Å²) in [6.07, 6.45) is 3.66. The second-order valence-corrected chi connectivity index (χ2v) is 6.96. The van der Waals surface area contributed by atoms with Gasteiger partial charge >= 0.3 is 0 Å². The van der Waals surface area contributed by atoms with E-state index in [4.69, 9.17) is 15.2 Å². The molecule has 5 atom stereocenters. The summed E-state index contributed by atoms with van der Waals surface area (Å²) in [5.74, 6) is 0.257. The summed E-state index contributed by atoms with van der Waals surface area (Å²) in [5, 5.41) is 21.3. The summed E-state index contributed by atoms with van der Waals surface area (Å²) in [7, 11) is 0. The lowest BCUT2D eigenvalue weighted by Gasteiger charge is -2.26. The van der Waals surface area contributed by atoms with E-state index in [1.54, 1.807) is 4.57 Å². The number of fused-ring (bicyclic) bond motifs is 1. The summed E-state index contributed by atoms with van der Waals surface area (Å²) in [4.78, 5) is 12.3. The molecule has 1 fully saturated rings. The van der Waals surface area contributed by atoms with Gasteiger partial charge in [-0.15, -0.1) is 0 Å². The Balaban J connectivity index is 1.81. The molecule has 2 aromatic rings. The normalized spacial score (nSPS) is 26.7. The molecule has 150 valence electrons. The Hall–Kier alpha value is -1.81.